The molecule has 124 valence electrons. The minimum atomic E-state index is -0.459. The van der Waals surface area contributed by atoms with E-state index in [-0.39, 0.29) is 12.5 Å². The largest absolute Gasteiger partial charge is 0.497 e. The van der Waals surface area contributed by atoms with Crippen LogP contribution in [0.2, 0.25) is 0 Å². The average Bonchev–Trinajstić information content (AvgIpc) is 3.06. The Morgan fingerprint density at radius 2 is 1.96 bits per heavy atom. The van der Waals surface area contributed by atoms with Gasteiger partial charge in [0.05, 0.1) is 25.3 Å². The molecule has 0 fully saturated rings. The first-order valence-electron chi connectivity index (χ1n) is 7.60. The highest BCUT2D eigenvalue weighted by Crippen LogP contribution is 2.25. The lowest BCUT2D eigenvalue weighted by molar-refractivity contribution is 0.0654. The zero-order chi connectivity index (χ0) is 17.1. The second kappa shape index (κ2) is 6.72. The highest BCUT2D eigenvalue weighted by molar-refractivity contribution is 6.04. The number of aliphatic hydroxyl groups excluding tert-OH is 1. The Balaban J connectivity index is 1.90. The highest BCUT2D eigenvalue weighted by Gasteiger charge is 2.25. The summed E-state index contributed by atoms with van der Waals surface area (Å²) in [7, 11) is 3.26. The third kappa shape index (κ3) is 2.83. The van der Waals surface area contributed by atoms with Crippen LogP contribution in [0.3, 0.4) is 0 Å². The molecule has 0 aliphatic carbocycles. The number of likely N-dealkylation sites (N-methyl/N-ethyl adjacent to an activating group) is 1. The van der Waals surface area contributed by atoms with Gasteiger partial charge >= 0.3 is 0 Å². The third-order valence-corrected chi connectivity index (χ3v) is 4.13. The first-order valence-corrected chi connectivity index (χ1v) is 7.60. The maximum atomic E-state index is 12.8. The van der Waals surface area contributed by atoms with Crippen LogP contribution in [0.25, 0.3) is 10.9 Å². The number of nitrogens with one attached hydrogen (secondary N) is 1. The number of carbonyl (C=O) groups excluding carboxylic acids is 1. The fourth-order valence-electron chi connectivity index (χ4n) is 2.71. The van der Waals surface area contributed by atoms with Crippen LogP contribution < -0.4 is 4.74 Å². The number of fused-ring (bicyclic) bond motifs is 1. The first-order chi connectivity index (χ1) is 11.7. The van der Waals surface area contributed by atoms with Gasteiger partial charge in [-0.2, -0.15) is 5.10 Å². The van der Waals surface area contributed by atoms with Crippen molar-refractivity contribution in [3.8, 4) is 5.75 Å². The molecule has 24 heavy (non-hydrogen) atoms. The van der Waals surface area contributed by atoms with E-state index in [1.165, 1.54) is 4.90 Å². The van der Waals surface area contributed by atoms with E-state index in [1.807, 2.05) is 36.4 Å². The number of amides is 1. The number of para-hydroxylation sites is 1. The second-order valence-electron chi connectivity index (χ2n) is 5.51. The number of aromatic nitrogens is 2. The molecule has 0 saturated carbocycles. The molecule has 6 heteroatoms. The van der Waals surface area contributed by atoms with E-state index in [0.29, 0.717) is 5.69 Å². The Hall–Kier alpha value is -2.86. The maximum absolute atomic E-state index is 12.8. The van der Waals surface area contributed by atoms with Gasteiger partial charge in [-0.3, -0.25) is 9.89 Å². The van der Waals surface area contributed by atoms with Gasteiger partial charge in [-0.25, -0.2) is 0 Å². The average molecular weight is 325 g/mol. The molecule has 0 aliphatic rings. The van der Waals surface area contributed by atoms with E-state index in [0.717, 1.165) is 22.2 Å². The molecule has 1 heterocycles. The van der Waals surface area contributed by atoms with Gasteiger partial charge in [0.2, 0.25) is 0 Å². The van der Waals surface area contributed by atoms with E-state index < -0.39 is 6.04 Å². The van der Waals surface area contributed by atoms with Gasteiger partial charge in [-0.15, -0.1) is 0 Å². The second-order valence-corrected chi connectivity index (χ2v) is 5.51. The topological polar surface area (TPSA) is 78.5 Å². The Kier molecular flexibility index (Phi) is 4.48. The molecular weight excluding hydrogens is 306 g/mol. The number of methoxy groups -OCH3 is 1. The van der Waals surface area contributed by atoms with Crippen LogP contribution >= 0.6 is 0 Å². The SMILES string of the molecule is COc1ccc(C(CO)N(C)C(=O)c2n[nH]c3ccccc23)cc1. The lowest BCUT2D eigenvalue weighted by Gasteiger charge is -2.26. The van der Waals surface area contributed by atoms with Crippen LogP contribution in [0.5, 0.6) is 5.75 Å². The molecule has 1 aromatic heterocycles. The van der Waals surface area contributed by atoms with E-state index in [4.69, 9.17) is 4.74 Å². The molecule has 3 aromatic rings. The zero-order valence-electron chi connectivity index (χ0n) is 13.6. The Labute approximate surface area is 139 Å². The molecule has 0 aliphatic heterocycles. The first kappa shape index (κ1) is 16.0. The molecule has 1 unspecified atom stereocenters. The van der Waals surface area contributed by atoms with Crippen LogP contribution in [-0.2, 0) is 0 Å². The molecule has 0 bridgehead atoms. The number of aliphatic hydroxyl groups is 1. The quantitative estimate of drug-likeness (QED) is 0.755. The number of hydrogen-bond donors (Lipinski definition) is 2. The summed E-state index contributed by atoms with van der Waals surface area (Å²) < 4.78 is 5.14. The minimum Gasteiger partial charge on any atom is -0.497 e. The fraction of sp³-hybridized carbons (Fsp3) is 0.222. The number of aromatic amines is 1. The van der Waals surface area contributed by atoms with Crippen LogP contribution in [0.1, 0.15) is 22.1 Å². The van der Waals surface area contributed by atoms with Gasteiger partial charge in [-0.05, 0) is 23.8 Å². The number of rotatable bonds is 5. The van der Waals surface area contributed by atoms with Gasteiger partial charge in [0, 0.05) is 12.4 Å². The van der Waals surface area contributed by atoms with Crippen molar-refractivity contribution in [1.29, 1.82) is 0 Å². The summed E-state index contributed by atoms with van der Waals surface area (Å²) in [6.45, 7) is -0.184. The Morgan fingerprint density at radius 1 is 1.25 bits per heavy atom. The van der Waals surface area contributed by atoms with Gasteiger partial charge < -0.3 is 14.7 Å². The van der Waals surface area contributed by atoms with E-state index >= 15 is 0 Å². The van der Waals surface area contributed by atoms with Crippen molar-refractivity contribution in [2.24, 2.45) is 0 Å². The van der Waals surface area contributed by atoms with E-state index in [1.54, 1.807) is 26.3 Å². The number of ether oxygens (including phenoxy) is 1. The summed E-state index contributed by atoms with van der Waals surface area (Å²) >= 11 is 0. The van der Waals surface area contributed by atoms with E-state index in [9.17, 15) is 9.90 Å². The van der Waals surface area contributed by atoms with Gasteiger partial charge in [0.25, 0.3) is 5.91 Å². The van der Waals surface area contributed by atoms with Crippen LogP contribution in [-0.4, -0.2) is 46.9 Å². The third-order valence-electron chi connectivity index (χ3n) is 4.13. The Morgan fingerprint density at radius 3 is 2.62 bits per heavy atom. The molecule has 2 N–H and O–H groups in total. The van der Waals surface area contributed by atoms with Crippen molar-refractivity contribution in [2.75, 3.05) is 20.8 Å². The predicted molar refractivity (Wildman–Crippen MR) is 91.0 cm³/mol. The van der Waals surface area contributed by atoms with E-state index in [2.05, 4.69) is 10.2 Å². The summed E-state index contributed by atoms with van der Waals surface area (Å²) in [5.74, 6) is 0.477. The molecular formula is C18H19N3O3. The smallest absolute Gasteiger partial charge is 0.275 e. The van der Waals surface area contributed by atoms with Crippen molar-refractivity contribution < 1.29 is 14.6 Å². The number of H-pyrrole nitrogens is 1. The standard InChI is InChI=1S/C18H19N3O3/c1-21(16(11-22)12-7-9-13(24-2)10-8-12)18(23)17-14-5-3-4-6-15(14)19-20-17/h3-10,16,22H,11H2,1-2H3,(H,19,20). The van der Waals surface area contributed by atoms with Crippen LogP contribution in [0, 0.1) is 0 Å². The summed E-state index contributed by atoms with van der Waals surface area (Å²) in [6.07, 6.45) is 0. The van der Waals surface area contributed by atoms with Crippen LogP contribution in [0.15, 0.2) is 48.5 Å². The molecule has 6 nitrogen and oxygen atoms in total. The maximum Gasteiger partial charge on any atom is 0.275 e. The lowest BCUT2D eigenvalue weighted by atomic mass is 10.1. The minimum absolute atomic E-state index is 0.184. The summed E-state index contributed by atoms with van der Waals surface area (Å²) in [6, 6.07) is 14.3. The number of benzene rings is 2. The van der Waals surface area contributed by atoms with Gasteiger partial charge in [0.1, 0.15) is 5.75 Å². The fourth-order valence-corrected chi connectivity index (χ4v) is 2.71. The molecule has 3 rings (SSSR count). The molecule has 1 amide bonds. The summed E-state index contributed by atoms with van der Waals surface area (Å²) in [5.41, 5.74) is 1.98. The summed E-state index contributed by atoms with van der Waals surface area (Å²) in [5, 5.41) is 17.5. The monoisotopic (exact) mass is 325 g/mol. The number of carbonyl (C=O) groups is 1. The Bertz CT molecular complexity index is 842. The molecule has 1 atom stereocenters. The molecule has 0 saturated heterocycles. The normalized spacial score (nSPS) is 12.1. The van der Waals surface area contributed by atoms with Crippen molar-refractivity contribution in [3.05, 3.63) is 59.8 Å². The number of nitrogens with zero attached hydrogens (tertiary/aromatic N) is 2. The van der Waals surface area contributed by atoms with Crippen LogP contribution in [0.4, 0.5) is 0 Å². The van der Waals surface area contributed by atoms with Gasteiger partial charge in [0.15, 0.2) is 5.69 Å². The zero-order valence-corrected chi connectivity index (χ0v) is 13.6. The molecule has 2 aromatic carbocycles. The van der Waals surface area contributed by atoms with Gasteiger partial charge in [-0.1, -0.05) is 30.3 Å². The highest BCUT2D eigenvalue weighted by atomic mass is 16.5. The predicted octanol–water partition coefficient (Wildman–Crippen LogP) is 2.38. The van der Waals surface area contributed by atoms with Crippen molar-refractivity contribution in [2.45, 2.75) is 6.04 Å². The van der Waals surface area contributed by atoms with Crippen molar-refractivity contribution in [3.63, 3.8) is 0 Å². The molecule has 0 spiro atoms. The van der Waals surface area contributed by atoms with Crippen molar-refractivity contribution >= 4 is 16.8 Å². The molecule has 0 radical (unpaired) electrons. The summed E-state index contributed by atoms with van der Waals surface area (Å²) in [4.78, 5) is 14.3. The number of hydrogen-bond acceptors (Lipinski definition) is 4. The lowest BCUT2D eigenvalue weighted by Crippen LogP contribution is -2.33. The van der Waals surface area contributed by atoms with Crippen molar-refractivity contribution in [1.82, 2.24) is 15.1 Å².